The van der Waals surface area contributed by atoms with Gasteiger partial charge >= 0.3 is 0 Å². The number of unbranched alkanes of at least 4 members (excludes halogenated alkanes) is 1. The summed E-state index contributed by atoms with van der Waals surface area (Å²) in [5.74, 6) is 0. The lowest BCUT2D eigenvalue weighted by molar-refractivity contribution is 0.499. The van der Waals surface area contributed by atoms with Gasteiger partial charge in [0.05, 0.1) is 0 Å². The number of halogens is 1. The van der Waals surface area contributed by atoms with Gasteiger partial charge < -0.3 is 4.90 Å². The van der Waals surface area contributed by atoms with Crippen molar-refractivity contribution in [2.45, 2.75) is 32.4 Å². The smallest absolute Gasteiger partial charge is 0.116 e. The Labute approximate surface area is 118 Å². The van der Waals surface area contributed by atoms with E-state index < -0.39 is 0 Å². The van der Waals surface area contributed by atoms with Crippen LogP contribution in [0, 0.1) is 0 Å². The van der Waals surface area contributed by atoms with Crippen LogP contribution in [0.15, 0.2) is 30.3 Å². The van der Waals surface area contributed by atoms with Gasteiger partial charge in [-0.05, 0) is 31.1 Å². The molecule has 2 nitrogen and oxygen atoms in total. The largest absolute Gasteiger partial charge is 0.349 e. The third kappa shape index (κ3) is 2.50. The highest BCUT2D eigenvalue weighted by Crippen LogP contribution is 2.33. The molecule has 1 unspecified atom stereocenters. The number of benzene rings is 1. The highest BCUT2D eigenvalue weighted by molar-refractivity contribution is 14.1. The van der Waals surface area contributed by atoms with Crippen molar-refractivity contribution >= 4 is 34.6 Å². The molecule has 0 aliphatic carbocycles. The van der Waals surface area contributed by atoms with E-state index >= 15 is 0 Å². The van der Waals surface area contributed by atoms with Crippen LogP contribution < -0.4 is 8.43 Å². The van der Waals surface area contributed by atoms with Crippen LogP contribution in [0.4, 0.5) is 5.69 Å². The van der Waals surface area contributed by atoms with Crippen LogP contribution in [0.25, 0.3) is 6.08 Å². The Hall–Kier alpha value is -0.550. The van der Waals surface area contributed by atoms with E-state index in [1.54, 1.807) is 0 Å². The molecular formula is C14H19IN2. The molecule has 1 N–H and O–H groups in total. The molecule has 0 saturated heterocycles. The fraction of sp³-hybridized carbons (Fsp3) is 0.429. The number of hydrogen-bond donors (Lipinski definition) is 1. The van der Waals surface area contributed by atoms with Gasteiger partial charge in [-0.3, -0.25) is 0 Å². The van der Waals surface area contributed by atoms with Crippen LogP contribution in [0.5, 0.6) is 0 Å². The second-order valence-electron chi connectivity index (χ2n) is 4.64. The Balaban J connectivity index is 2.37. The van der Waals surface area contributed by atoms with E-state index in [1.165, 1.54) is 24.1 Å². The number of para-hydroxylation sites is 1. The van der Waals surface area contributed by atoms with Gasteiger partial charge in [-0.2, -0.15) is 0 Å². The third-order valence-electron chi connectivity index (χ3n) is 3.30. The van der Waals surface area contributed by atoms with Crippen molar-refractivity contribution in [2.75, 3.05) is 11.4 Å². The highest BCUT2D eigenvalue weighted by atomic mass is 127. The minimum atomic E-state index is -0.0793. The zero-order valence-corrected chi connectivity index (χ0v) is 12.6. The molecule has 1 heterocycles. The second-order valence-corrected chi connectivity index (χ2v) is 5.18. The molecule has 2 rings (SSSR count). The van der Waals surface area contributed by atoms with Gasteiger partial charge in [0.15, 0.2) is 0 Å². The Morgan fingerprint density at radius 1 is 1.35 bits per heavy atom. The molecule has 0 spiro atoms. The van der Waals surface area contributed by atoms with Crippen molar-refractivity contribution in [3.05, 3.63) is 35.9 Å². The molecule has 1 aromatic carbocycles. The van der Waals surface area contributed by atoms with E-state index in [2.05, 4.69) is 81.6 Å². The summed E-state index contributed by atoms with van der Waals surface area (Å²) in [5, 5.41) is 0. The zero-order chi connectivity index (χ0) is 12.3. The summed E-state index contributed by atoms with van der Waals surface area (Å²) in [4.78, 5) is 2.46. The third-order valence-corrected chi connectivity index (χ3v) is 4.39. The number of nitrogens with one attached hydrogen (secondary N) is 1. The van der Waals surface area contributed by atoms with Crippen molar-refractivity contribution < 1.29 is 0 Å². The molecular weight excluding hydrogens is 323 g/mol. The molecule has 1 aliphatic heterocycles. The van der Waals surface area contributed by atoms with Crippen LogP contribution >= 0.6 is 22.9 Å². The lowest BCUT2D eigenvalue weighted by Crippen LogP contribution is -2.54. The monoisotopic (exact) mass is 342 g/mol. The molecule has 0 bridgehead atoms. The van der Waals surface area contributed by atoms with Gasteiger partial charge in [0.2, 0.25) is 0 Å². The van der Waals surface area contributed by atoms with Gasteiger partial charge in [0, 0.05) is 35.1 Å². The van der Waals surface area contributed by atoms with Crippen molar-refractivity contribution in [1.29, 1.82) is 0 Å². The summed E-state index contributed by atoms with van der Waals surface area (Å²) in [6.45, 7) is 5.55. The Morgan fingerprint density at radius 2 is 2.12 bits per heavy atom. The first-order chi connectivity index (χ1) is 8.21. The maximum Gasteiger partial charge on any atom is 0.116 e. The van der Waals surface area contributed by atoms with Gasteiger partial charge in [-0.1, -0.05) is 37.6 Å². The SMILES string of the molecule is CCCCN1c2ccccc2C=CC1(C)NI. The lowest BCUT2D eigenvalue weighted by Gasteiger charge is -2.43. The van der Waals surface area contributed by atoms with Crippen LogP contribution in [-0.2, 0) is 0 Å². The van der Waals surface area contributed by atoms with Crippen molar-refractivity contribution in [2.24, 2.45) is 0 Å². The molecule has 0 amide bonds. The van der Waals surface area contributed by atoms with Crippen LogP contribution in [0.3, 0.4) is 0 Å². The fourth-order valence-electron chi connectivity index (χ4n) is 2.22. The molecule has 0 saturated carbocycles. The first kappa shape index (κ1) is 12.9. The molecule has 0 aromatic heterocycles. The predicted octanol–water partition coefficient (Wildman–Crippen LogP) is 3.98. The first-order valence-electron chi connectivity index (χ1n) is 6.15. The van der Waals surface area contributed by atoms with E-state index in [0.717, 1.165) is 6.54 Å². The van der Waals surface area contributed by atoms with Crippen LogP contribution in [-0.4, -0.2) is 12.2 Å². The average Bonchev–Trinajstić information content (AvgIpc) is 2.38. The Bertz CT molecular complexity index is 416. The molecule has 92 valence electrons. The summed E-state index contributed by atoms with van der Waals surface area (Å²) in [6.07, 6.45) is 6.90. The minimum absolute atomic E-state index is 0.0793. The molecule has 17 heavy (non-hydrogen) atoms. The fourth-order valence-corrected chi connectivity index (χ4v) is 2.69. The average molecular weight is 342 g/mol. The van der Waals surface area contributed by atoms with Crippen LogP contribution in [0.2, 0.25) is 0 Å². The van der Waals surface area contributed by atoms with Gasteiger partial charge in [0.1, 0.15) is 5.66 Å². The zero-order valence-electron chi connectivity index (χ0n) is 10.4. The minimum Gasteiger partial charge on any atom is -0.349 e. The summed E-state index contributed by atoms with van der Waals surface area (Å²) in [7, 11) is 0. The molecule has 1 aliphatic rings. The first-order valence-corrected chi connectivity index (χ1v) is 7.23. The molecule has 0 radical (unpaired) electrons. The van der Waals surface area contributed by atoms with E-state index in [0.29, 0.717) is 0 Å². The summed E-state index contributed by atoms with van der Waals surface area (Å²) < 4.78 is 3.39. The summed E-state index contributed by atoms with van der Waals surface area (Å²) >= 11 is 2.25. The normalized spacial score (nSPS) is 22.6. The lowest BCUT2D eigenvalue weighted by atomic mass is 9.99. The van der Waals surface area contributed by atoms with Crippen LogP contribution in [0.1, 0.15) is 32.3 Å². The highest BCUT2D eigenvalue weighted by Gasteiger charge is 2.31. The number of hydrogen-bond acceptors (Lipinski definition) is 2. The topological polar surface area (TPSA) is 15.3 Å². The summed E-state index contributed by atoms with van der Waals surface area (Å²) in [5.41, 5.74) is 2.56. The van der Waals surface area contributed by atoms with Gasteiger partial charge in [-0.15, -0.1) is 0 Å². The molecule has 3 heteroatoms. The van der Waals surface area contributed by atoms with E-state index in [-0.39, 0.29) is 5.66 Å². The number of anilines is 1. The maximum absolute atomic E-state index is 3.39. The summed E-state index contributed by atoms with van der Waals surface area (Å²) in [6, 6.07) is 8.60. The van der Waals surface area contributed by atoms with Gasteiger partial charge in [-0.25, -0.2) is 3.53 Å². The van der Waals surface area contributed by atoms with Crippen molar-refractivity contribution in [3.63, 3.8) is 0 Å². The van der Waals surface area contributed by atoms with E-state index in [4.69, 9.17) is 0 Å². The van der Waals surface area contributed by atoms with E-state index in [9.17, 15) is 0 Å². The predicted molar refractivity (Wildman–Crippen MR) is 83.3 cm³/mol. The number of fused-ring (bicyclic) bond motifs is 1. The molecule has 0 fully saturated rings. The van der Waals surface area contributed by atoms with Crippen molar-refractivity contribution in [1.82, 2.24) is 3.53 Å². The van der Waals surface area contributed by atoms with Crippen molar-refractivity contribution in [3.8, 4) is 0 Å². The number of nitrogens with zero attached hydrogens (tertiary/aromatic N) is 1. The second kappa shape index (κ2) is 5.40. The standard InChI is InChI=1S/C14H19IN2/c1-3-4-11-17-13-8-6-5-7-12(13)9-10-14(17,2)16-15/h5-10,16H,3-4,11H2,1-2H3. The Kier molecular flexibility index (Phi) is 4.09. The quantitative estimate of drug-likeness (QED) is 0.658. The molecule has 1 aromatic rings. The van der Waals surface area contributed by atoms with E-state index in [1.807, 2.05) is 0 Å². The van der Waals surface area contributed by atoms with Gasteiger partial charge in [0.25, 0.3) is 0 Å². The molecule has 1 atom stereocenters. The number of rotatable bonds is 4. The Morgan fingerprint density at radius 3 is 2.82 bits per heavy atom. The maximum atomic E-state index is 3.39.